The average molecular weight is 315 g/mol. The normalized spacial score (nSPS) is 10.6. The third kappa shape index (κ3) is 2.86. The van der Waals surface area contributed by atoms with Crippen LogP contribution in [0.3, 0.4) is 0 Å². The summed E-state index contributed by atoms with van der Waals surface area (Å²) in [6, 6.07) is 9.11. The van der Waals surface area contributed by atoms with Crippen molar-refractivity contribution in [3.8, 4) is 11.6 Å². The van der Waals surface area contributed by atoms with Crippen LogP contribution in [0, 0.1) is 0 Å². The van der Waals surface area contributed by atoms with E-state index in [1.165, 1.54) is 11.8 Å². The Kier molecular flexibility index (Phi) is 3.92. The summed E-state index contributed by atoms with van der Waals surface area (Å²) < 4.78 is 7.04. The van der Waals surface area contributed by atoms with Crippen molar-refractivity contribution in [2.24, 2.45) is 7.05 Å². The van der Waals surface area contributed by atoms with E-state index in [0.29, 0.717) is 11.3 Å². The van der Waals surface area contributed by atoms with Gasteiger partial charge in [-0.3, -0.25) is 14.8 Å². The van der Waals surface area contributed by atoms with Crippen molar-refractivity contribution in [1.29, 1.82) is 0 Å². The molecule has 0 bridgehead atoms. The number of aryl methyl sites for hydroxylation is 1. The lowest BCUT2D eigenvalue weighted by Crippen LogP contribution is -2.13. The standard InChI is InChI=1S/C14H13N5O2S/c1-19-8-7-10(18-19)13-16-17-14(21-13)15-12(20)9-5-3-4-6-11(9)22-2/h3-8H,1-2H3,(H,15,17,20). The van der Waals surface area contributed by atoms with Gasteiger partial charge in [-0.2, -0.15) is 5.10 Å². The number of amides is 1. The molecule has 2 heterocycles. The predicted molar refractivity (Wildman–Crippen MR) is 82.7 cm³/mol. The second-order valence-electron chi connectivity index (χ2n) is 4.44. The lowest BCUT2D eigenvalue weighted by Gasteiger charge is -2.05. The van der Waals surface area contributed by atoms with E-state index in [1.54, 1.807) is 30.1 Å². The van der Waals surface area contributed by atoms with E-state index in [1.807, 2.05) is 24.5 Å². The molecular formula is C14H13N5O2S. The van der Waals surface area contributed by atoms with Gasteiger partial charge < -0.3 is 4.42 Å². The first-order valence-electron chi connectivity index (χ1n) is 6.45. The molecule has 1 N–H and O–H groups in total. The minimum Gasteiger partial charge on any atom is -0.401 e. The van der Waals surface area contributed by atoms with Gasteiger partial charge in [0.2, 0.25) is 0 Å². The van der Waals surface area contributed by atoms with Gasteiger partial charge in [0.1, 0.15) is 5.69 Å². The van der Waals surface area contributed by atoms with Crippen molar-refractivity contribution in [3.05, 3.63) is 42.1 Å². The number of carbonyl (C=O) groups is 1. The smallest absolute Gasteiger partial charge is 0.322 e. The molecule has 1 amide bonds. The lowest BCUT2D eigenvalue weighted by atomic mass is 10.2. The molecule has 0 aliphatic carbocycles. The summed E-state index contributed by atoms with van der Waals surface area (Å²) >= 11 is 1.50. The zero-order valence-corrected chi connectivity index (χ0v) is 12.8. The third-order valence-corrected chi connectivity index (χ3v) is 3.73. The molecule has 2 aromatic heterocycles. The second kappa shape index (κ2) is 6.02. The van der Waals surface area contributed by atoms with Gasteiger partial charge in [-0.15, -0.1) is 16.9 Å². The maximum Gasteiger partial charge on any atom is 0.322 e. The first-order chi connectivity index (χ1) is 10.7. The Morgan fingerprint density at radius 1 is 1.27 bits per heavy atom. The van der Waals surface area contributed by atoms with Crippen LogP contribution in [0.15, 0.2) is 45.8 Å². The van der Waals surface area contributed by atoms with Crippen LogP contribution in [-0.4, -0.2) is 32.1 Å². The molecule has 0 aliphatic rings. The van der Waals surface area contributed by atoms with Gasteiger partial charge in [0, 0.05) is 18.1 Å². The molecule has 0 saturated heterocycles. The van der Waals surface area contributed by atoms with E-state index < -0.39 is 0 Å². The van der Waals surface area contributed by atoms with Crippen molar-refractivity contribution < 1.29 is 9.21 Å². The number of carbonyl (C=O) groups excluding carboxylic acids is 1. The molecule has 0 spiro atoms. The average Bonchev–Trinajstić information content (AvgIpc) is 3.16. The number of benzene rings is 1. The highest BCUT2D eigenvalue weighted by atomic mass is 32.2. The van der Waals surface area contributed by atoms with Crippen LogP contribution in [0.4, 0.5) is 6.01 Å². The molecule has 0 atom stereocenters. The molecule has 0 aliphatic heterocycles. The number of anilines is 1. The maximum absolute atomic E-state index is 12.3. The Balaban J connectivity index is 1.79. The minimum absolute atomic E-state index is 0.0431. The van der Waals surface area contributed by atoms with Crippen LogP contribution in [0.5, 0.6) is 0 Å². The van der Waals surface area contributed by atoms with E-state index in [2.05, 4.69) is 20.6 Å². The molecule has 3 rings (SSSR count). The molecule has 0 radical (unpaired) electrons. The SMILES string of the molecule is CSc1ccccc1C(=O)Nc1nnc(-c2ccn(C)n2)o1. The van der Waals surface area contributed by atoms with Gasteiger partial charge in [0.15, 0.2) is 0 Å². The van der Waals surface area contributed by atoms with Gasteiger partial charge in [0.25, 0.3) is 11.8 Å². The van der Waals surface area contributed by atoms with E-state index in [-0.39, 0.29) is 17.8 Å². The van der Waals surface area contributed by atoms with Crippen LogP contribution >= 0.6 is 11.8 Å². The second-order valence-corrected chi connectivity index (χ2v) is 5.29. The van der Waals surface area contributed by atoms with Gasteiger partial charge >= 0.3 is 6.01 Å². The van der Waals surface area contributed by atoms with Crippen LogP contribution in [0.2, 0.25) is 0 Å². The van der Waals surface area contributed by atoms with Crippen molar-refractivity contribution in [3.63, 3.8) is 0 Å². The zero-order valence-electron chi connectivity index (χ0n) is 12.0. The summed E-state index contributed by atoms with van der Waals surface area (Å²) in [6.07, 6.45) is 3.69. The maximum atomic E-state index is 12.3. The highest BCUT2D eigenvalue weighted by Crippen LogP contribution is 2.22. The Morgan fingerprint density at radius 2 is 2.09 bits per heavy atom. The van der Waals surface area contributed by atoms with Crippen molar-refractivity contribution in [1.82, 2.24) is 20.0 Å². The van der Waals surface area contributed by atoms with E-state index in [4.69, 9.17) is 4.42 Å². The van der Waals surface area contributed by atoms with Gasteiger partial charge in [-0.25, -0.2) is 0 Å². The number of nitrogens with one attached hydrogen (secondary N) is 1. The largest absolute Gasteiger partial charge is 0.401 e. The summed E-state index contributed by atoms with van der Waals surface area (Å²) in [6.45, 7) is 0. The molecule has 0 unspecified atom stereocenters. The minimum atomic E-state index is -0.291. The fraction of sp³-hybridized carbons (Fsp3) is 0.143. The monoisotopic (exact) mass is 315 g/mol. The Hall–Kier alpha value is -2.61. The molecule has 3 aromatic rings. The van der Waals surface area contributed by atoms with Crippen molar-refractivity contribution >= 4 is 23.7 Å². The summed E-state index contributed by atoms with van der Waals surface area (Å²) in [7, 11) is 1.79. The number of thioether (sulfide) groups is 1. The Morgan fingerprint density at radius 3 is 2.82 bits per heavy atom. The van der Waals surface area contributed by atoms with Crippen molar-refractivity contribution in [2.45, 2.75) is 4.90 Å². The molecule has 0 fully saturated rings. The molecule has 7 nitrogen and oxygen atoms in total. The van der Waals surface area contributed by atoms with Crippen LogP contribution < -0.4 is 5.32 Å². The summed E-state index contributed by atoms with van der Waals surface area (Å²) in [5.41, 5.74) is 1.12. The molecule has 8 heteroatoms. The number of rotatable bonds is 4. The van der Waals surface area contributed by atoms with E-state index in [0.717, 1.165) is 4.90 Å². The van der Waals surface area contributed by atoms with E-state index in [9.17, 15) is 4.79 Å². The first kappa shape index (κ1) is 14.3. The Bertz CT molecular complexity index is 811. The molecule has 22 heavy (non-hydrogen) atoms. The number of hydrogen-bond acceptors (Lipinski definition) is 6. The highest BCUT2D eigenvalue weighted by Gasteiger charge is 2.16. The van der Waals surface area contributed by atoms with Gasteiger partial charge in [-0.05, 0) is 24.5 Å². The number of nitrogens with zero attached hydrogens (tertiary/aromatic N) is 4. The fourth-order valence-corrected chi connectivity index (χ4v) is 2.50. The van der Waals surface area contributed by atoms with E-state index >= 15 is 0 Å². The molecular weight excluding hydrogens is 302 g/mol. The predicted octanol–water partition coefficient (Wildman–Crippen LogP) is 2.44. The topological polar surface area (TPSA) is 85.8 Å². The molecule has 1 aromatic carbocycles. The molecule has 112 valence electrons. The molecule has 0 saturated carbocycles. The third-order valence-electron chi connectivity index (χ3n) is 2.93. The zero-order chi connectivity index (χ0) is 15.5. The van der Waals surface area contributed by atoms with Crippen LogP contribution in [0.25, 0.3) is 11.6 Å². The highest BCUT2D eigenvalue weighted by molar-refractivity contribution is 7.98. The number of aromatic nitrogens is 4. The first-order valence-corrected chi connectivity index (χ1v) is 7.68. The summed E-state index contributed by atoms with van der Waals surface area (Å²) in [5.74, 6) is -0.0322. The van der Waals surface area contributed by atoms with Crippen molar-refractivity contribution in [2.75, 3.05) is 11.6 Å². The van der Waals surface area contributed by atoms with Gasteiger partial charge in [-0.1, -0.05) is 17.2 Å². The Labute approximate surface area is 130 Å². The van der Waals surface area contributed by atoms with Crippen LogP contribution in [-0.2, 0) is 7.05 Å². The van der Waals surface area contributed by atoms with Gasteiger partial charge in [0.05, 0.1) is 5.56 Å². The summed E-state index contributed by atoms with van der Waals surface area (Å²) in [5, 5.41) is 14.5. The van der Waals surface area contributed by atoms with Crippen LogP contribution in [0.1, 0.15) is 10.4 Å². The summed E-state index contributed by atoms with van der Waals surface area (Å²) in [4.78, 5) is 13.2. The fourth-order valence-electron chi connectivity index (χ4n) is 1.90. The lowest BCUT2D eigenvalue weighted by molar-refractivity contribution is 0.102. The quantitative estimate of drug-likeness (QED) is 0.744. The number of hydrogen-bond donors (Lipinski definition) is 1.